The van der Waals surface area contributed by atoms with Crippen molar-refractivity contribution in [2.75, 3.05) is 4.90 Å². The Labute approximate surface area is 211 Å². The van der Waals surface area contributed by atoms with Gasteiger partial charge in [-0.15, -0.1) is 0 Å². The molecular formula is C27H33ClN4O3. The first-order valence-electron chi connectivity index (χ1n) is 12.5. The van der Waals surface area contributed by atoms with Crippen LogP contribution in [0.2, 0.25) is 5.02 Å². The highest BCUT2D eigenvalue weighted by molar-refractivity contribution is 6.30. The van der Waals surface area contributed by atoms with Crippen molar-refractivity contribution in [3.8, 4) is 5.75 Å². The first-order valence-corrected chi connectivity index (χ1v) is 12.9. The monoisotopic (exact) mass is 496 g/mol. The summed E-state index contributed by atoms with van der Waals surface area (Å²) in [7, 11) is 0. The number of anilines is 1. The first kappa shape index (κ1) is 23.9. The molecule has 186 valence electrons. The van der Waals surface area contributed by atoms with Gasteiger partial charge in [-0.25, -0.2) is 4.98 Å². The van der Waals surface area contributed by atoms with Gasteiger partial charge in [-0.3, -0.25) is 9.59 Å². The van der Waals surface area contributed by atoms with Crippen LogP contribution in [0.1, 0.15) is 68.3 Å². The van der Waals surface area contributed by atoms with Crippen molar-refractivity contribution in [2.45, 2.75) is 89.1 Å². The second-order valence-corrected chi connectivity index (χ2v) is 11.0. The van der Waals surface area contributed by atoms with Crippen molar-refractivity contribution < 1.29 is 14.3 Å². The molecule has 2 saturated heterocycles. The van der Waals surface area contributed by atoms with Crippen molar-refractivity contribution in [1.29, 1.82) is 0 Å². The molecule has 2 bridgehead atoms. The third kappa shape index (κ3) is 5.25. The van der Waals surface area contributed by atoms with Gasteiger partial charge in [0, 0.05) is 35.4 Å². The Morgan fingerprint density at radius 3 is 2.29 bits per heavy atom. The summed E-state index contributed by atoms with van der Waals surface area (Å²) < 4.78 is 5.97. The molecule has 2 aliphatic heterocycles. The number of aryl methyl sites for hydroxylation is 1. The smallest absolute Gasteiger partial charge is 0.263 e. The molecule has 2 amide bonds. The number of piperidine rings is 1. The van der Waals surface area contributed by atoms with E-state index in [9.17, 15) is 9.59 Å². The number of rotatable bonds is 7. The van der Waals surface area contributed by atoms with Gasteiger partial charge in [0.05, 0.1) is 5.56 Å². The van der Waals surface area contributed by atoms with E-state index in [4.69, 9.17) is 21.3 Å². The standard InChI is InChI=1S/C27H33ClN4O3/c1-16-12-17(25(33)30-19-6-7-19)15-29-24(16)32-21-8-9-22(32)14-20(13-21)31-26(34)27(2,3)35-23-10-4-18(28)5-11-23/h4-5,10-12,15,19-22H,6-9,13-14H2,1-3H3,(H,30,33)(H,31,34)/t20?,21-,22+. The molecule has 1 saturated carbocycles. The molecule has 5 rings (SSSR count). The summed E-state index contributed by atoms with van der Waals surface area (Å²) in [5, 5.41) is 6.90. The molecule has 3 fully saturated rings. The Kier molecular flexibility index (Phi) is 6.38. The average Bonchev–Trinajstić information content (AvgIpc) is 3.58. The Morgan fingerprint density at radius 1 is 1.03 bits per heavy atom. The average molecular weight is 497 g/mol. The van der Waals surface area contributed by atoms with Gasteiger partial charge in [0.25, 0.3) is 11.8 Å². The highest BCUT2D eigenvalue weighted by atomic mass is 35.5. The van der Waals surface area contributed by atoms with Gasteiger partial charge < -0.3 is 20.3 Å². The number of ether oxygens (including phenoxy) is 1. The zero-order valence-electron chi connectivity index (χ0n) is 20.5. The Balaban J connectivity index is 1.22. The third-order valence-corrected chi connectivity index (χ3v) is 7.52. The number of fused-ring (bicyclic) bond motifs is 2. The van der Waals surface area contributed by atoms with Crippen molar-refractivity contribution in [3.05, 3.63) is 52.7 Å². The summed E-state index contributed by atoms with van der Waals surface area (Å²) in [4.78, 5) is 32.6. The van der Waals surface area contributed by atoms with E-state index < -0.39 is 5.60 Å². The maximum Gasteiger partial charge on any atom is 0.263 e. The van der Waals surface area contributed by atoms with Crippen LogP contribution in [0.4, 0.5) is 5.82 Å². The summed E-state index contributed by atoms with van der Waals surface area (Å²) in [6.45, 7) is 5.60. The minimum absolute atomic E-state index is 0.0394. The van der Waals surface area contributed by atoms with E-state index in [-0.39, 0.29) is 17.9 Å². The van der Waals surface area contributed by atoms with E-state index in [1.807, 2.05) is 13.0 Å². The number of carbonyl (C=O) groups excluding carboxylic acids is 2. The normalized spacial score (nSPS) is 23.7. The van der Waals surface area contributed by atoms with Crippen molar-refractivity contribution >= 4 is 29.2 Å². The Bertz CT molecular complexity index is 1100. The summed E-state index contributed by atoms with van der Waals surface area (Å²) in [6.07, 6.45) is 7.71. The molecule has 3 aliphatic rings. The molecule has 7 nitrogen and oxygen atoms in total. The molecule has 8 heteroatoms. The highest BCUT2D eigenvalue weighted by Crippen LogP contribution is 2.40. The van der Waals surface area contributed by atoms with Crippen LogP contribution < -0.4 is 20.3 Å². The van der Waals surface area contributed by atoms with Gasteiger partial charge in [-0.2, -0.15) is 0 Å². The number of nitrogens with one attached hydrogen (secondary N) is 2. The van der Waals surface area contributed by atoms with Crippen LogP contribution in [0.15, 0.2) is 36.5 Å². The number of aromatic nitrogens is 1. The fourth-order valence-corrected chi connectivity index (χ4v) is 5.43. The number of hydrogen-bond donors (Lipinski definition) is 2. The van der Waals surface area contributed by atoms with E-state index in [2.05, 4.69) is 15.5 Å². The second kappa shape index (κ2) is 9.34. The van der Waals surface area contributed by atoms with Crippen LogP contribution in [-0.4, -0.2) is 46.6 Å². The number of nitrogens with zero attached hydrogens (tertiary/aromatic N) is 2. The molecule has 3 atom stereocenters. The van der Waals surface area contributed by atoms with Gasteiger partial charge >= 0.3 is 0 Å². The molecule has 3 heterocycles. The van der Waals surface area contributed by atoms with Crippen LogP contribution in [0.5, 0.6) is 5.75 Å². The zero-order chi connectivity index (χ0) is 24.7. The van der Waals surface area contributed by atoms with Crippen molar-refractivity contribution in [3.63, 3.8) is 0 Å². The van der Waals surface area contributed by atoms with Gasteiger partial charge in [-0.05, 0) is 95.2 Å². The van der Waals surface area contributed by atoms with Gasteiger partial charge in [0.2, 0.25) is 0 Å². The summed E-state index contributed by atoms with van der Waals surface area (Å²) in [6, 6.07) is 10.0. The molecule has 2 N–H and O–H groups in total. The lowest BCUT2D eigenvalue weighted by molar-refractivity contribution is -0.135. The summed E-state index contributed by atoms with van der Waals surface area (Å²) >= 11 is 5.95. The van der Waals surface area contributed by atoms with Crippen LogP contribution in [0.25, 0.3) is 0 Å². The lowest BCUT2D eigenvalue weighted by atomic mass is 9.95. The fourth-order valence-electron chi connectivity index (χ4n) is 5.30. The number of hydrogen-bond acceptors (Lipinski definition) is 5. The quantitative estimate of drug-likeness (QED) is 0.593. The second-order valence-electron chi connectivity index (χ2n) is 10.6. The Morgan fingerprint density at radius 2 is 1.69 bits per heavy atom. The number of carbonyl (C=O) groups is 2. The Hall–Kier alpha value is -2.80. The maximum atomic E-state index is 13.1. The minimum atomic E-state index is -1.00. The number of amides is 2. The molecule has 0 radical (unpaired) electrons. The molecular weight excluding hydrogens is 464 g/mol. The molecule has 1 aromatic heterocycles. The van der Waals surface area contributed by atoms with Crippen LogP contribution in [0.3, 0.4) is 0 Å². The van der Waals surface area contributed by atoms with Crippen LogP contribution >= 0.6 is 11.6 Å². The lowest BCUT2D eigenvalue weighted by Gasteiger charge is -2.41. The molecule has 2 aromatic rings. The number of pyridine rings is 1. The molecule has 1 unspecified atom stereocenters. The molecule has 1 aliphatic carbocycles. The van der Waals surface area contributed by atoms with Crippen molar-refractivity contribution in [2.24, 2.45) is 0 Å². The van der Waals surface area contributed by atoms with E-state index in [0.29, 0.717) is 34.5 Å². The minimum Gasteiger partial charge on any atom is -0.478 e. The summed E-state index contributed by atoms with van der Waals surface area (Å²) in [5.41, 5.74) is 0.639. The molecule has 0 spiro atoms. The predicted molar refractivity (Wildman–Crippen MR) is 136 cm³/mol. The maximum absolute atomic E-state index is 13.1. The fraction of sp³-hybridized carbons (Fsp3) is 0.519. The number of benzene rings is 1. The number of halogens is 1. The topological polar surface area (TPSA) is 83.6 Å². The van der Waals surface area contributed by atoms with E-state index in [1.165, 1.54) is 0 Å². The third-order valence-electron chi connectivity index (χ3n) is 7.27. The SMILES string of the molecule is Cc1cc(C(=O)NC2CC2)cnc1N1[C@@H]2CC[C@H]1CC(NC(=O)C(C)(C)Oc1ccc(Cl)cc1)C2. The lowest BCUT2D eigenvalue weighted by Crippen LogP contribution is -2.55. The summed E-state index contributed by atoms with van der Waals surface area (Å²) in [5.74, 6) is 1.41. The molecule has 35 heavy (non-hydrogen) atoms. The van der Waals surface area contributed by atoms with Crippen LogP contribution in [-0.2, 0) is 4.79 Å². The van der Waals surface area contributed by atoms with Gasteiger partial charge in [-0.1, -0.05) is 11.6 Å². The van der Waals surface area contributed by atoms with E-state index in [0.717, 1.165) is 49.9 Å². The molecule has 1 aromatic carbocycles. The first-order chi connectivity index (χ1) is 16.7. The van der Waals surface area contributed by atoms with Gasteiger partial charge in [0.15, 0.2) is 5.60 Å². The van der Waals surface area contributed by atoms with E-state index in [1.54, 1.807) is 44.3 Å². The van der Waals surface area contributed by atoms with Gasteiger partial charge in [0.1, 0.15) is 11.6 Å². The predicted octanol–water partition coefficient (Wildman–Crippen LogP) is 4.41. The largest absolute Gasteiger partial charge is 0.478 e. The highest BCUT2D eigenvalue weighted by Gasteiger charge is 2.43. The zero-order valence-corrected chi connectivity index (χ0v) is 21.3. The van der Waals surface area contributed by atoms with Crippen LogP contribution in [0, 0.1) is 6.92 Å². The van der Waals surface area contributed by atoms with E-state index >= 15 is 0 Å². The van der Waals surface area contributed by atoms with Crippen molar-refractivity contribution in [1.82, 2.24) is 15.6 Å².